The average molecular weight is 242 g/mol. The molecule has 4 N–H and O–H groups in total. The first kappa shape index (κ1) is 13.2. The fourth-order valence-electron chi connectivity index (χ4n) is 1.28. The number of hydrogen-bond donors (Lipinski definition) is 3. The van der Waals surface area contributed by atoms with Crippen LogP contribution in [-0.2, 0) is 4.79 Å². The first-order valence-corrected chi connectivity index (χ1v) is 4.75. The van der Waals surface area contributed by atoms with Crippen molar-refractivity contribution in [2.75, 3.05) is 14.2 Å². The van der Waals surface area contributed by atoms with Gasteiger partial charge in [0.2, 0.25) is 5.88 Å². The average Bonchev–Trinajstić information content (AvgIpc) is 2.35. The number of rotatable bonds is 5. The fourth-order valence-corrected chi connectivity index (χ4v) is 1.28. The Labute approximate surface area is 97.8 Å². The highest BCUT2D eigenvalue weighted by molar-refractivity contribution is 5.74. The number of aliphatic carboxylic acids is 1. The van der Waals surface area contributed by atoms with E-state index in [1.165, 1.54) is 26.5 Å². The van der Waals surface area contributed by atoms with Crippen molar-refractivity contribution >= 4 is 5.97 Å². The maximum Gasteiger partial charge on any atom is 0.323 e. The van der Waals surface area contributed by atoms with Gasteiger partial charge in [-0.2, -0.15) is 0 Å². The lowest BCUT2D eigenvalue weighted by Crippen LogP contribution is -2.36. The number of nitrogens with zero attached hydrogens (tertiary/aromatic N) is 1. The van der Waals surface area contributed by atoms with Crippen molar-refractivity contribution in [2.24, 2.45) is 5.73 Å². The van der Waals surface area contributed by atoms with Crippen LogP contribution in [-0.4, -0.2) is 41.4 Å². The van der Waals surface area contributed by atoms with E-state index in [2.05, 4.69) is 4.98 Å². The quantitative estimate of drug-likeness (QED) is 0.640. The molecule has 0 aliphatic rings. The second-order valence-electron chi connectivity index (χ2n) is 3.28. The molecule has 0 aliphatic carbocycles. The zero-order chi connectivity index (χ0) is 13.0. The number of ether oxygens (including phenoxy) is 2. The van der Waals surface area contributed by atoms with Gasteiger partial charge >= 0.3 is 5.97 Å². The van der Waals surface area contributed by atoms with E-state index in [1.807, 2.05) is 0 Å². The number of carboxylic acids is 1. The molecule has 0 amide bonds. The molecular weight excluding hydrogens is 228 g/mol. The Hall–Kier alpha value is -1.86. The standard InChI is InChI=1S/C10H14N2O5/c1-16-6-4-12-7(17-2)3-5(6)9(13)8(11)10(14)15/h3-4,8-9,13H,11H2,1-2H3,(H,14,15). The van der Waals surface area contributed by atoms with Crippen molar-refractivity contribution in [3.8, 4) is 11.6 Å². The molecule has 0 saturated carbocycles. The summed E-state index contributed by atoms with van der Waals surface area (Å²) in [5.41, 5.74) is 5.56. The Morgan fingerprint density at radius 1 is 1.47 bits per heavy atom. The molecule has 0 radical (unpaired) electrons. The predicted octanol–water partition coefficient (Wildman–Crippen LogP) is -0.456. The molecule has 0 fully saturated rings. The van der Waals surface area contributed by atoms with Gasteiger partial charge in [0.05, 0.1) is 20.4 Å². The maximum absolute atomic E-state index is 10.7. The van der Waals surface area contributed by atoms with E-state index in [1.54, 1.807) is 0 Å². The van der Waals surface area contributed by atoms with Crippen molar-refractivity contribution in [3.63, 3.8) is 0 Å². The number of methoxy groups -OCH3 is 2. The van der Waals surface area contributed by atoms with Gasteiger partial charge in [-0.15, -0.1) is 0 Å². The molecule has 1 aromatic heterocycles. The van der Waals surface area contributed by atoms with Crippen molar-refractivity contribution in [1.29, 1.82) is 0 Å². The zero-order valence-corrected chi connectivity index (χ0v) is 9.45. The Morgan fingerprint density at radius 3 is 2.59 bits per heavy atom. The van der Waals surface area contributed by atoms with E-state index in [4.69, 9.17) is 20.3 Å². The SMILES string of the molecule is COc1cc(C(O)C(N)C(=O)O)c(OC)cn1. The summed E-state index contributed by atoms with van der Waals surface area (Å²) in [6.45, 7) is 0. The predicted molar refractivity (Wildman–Crippen MR) is 57.9 cm³/mol. The lowest BCUT2D eigenvalue weighted by Gasteiger charge is -2.18. The van der Waals surface area contributed by atoms with E-state index in [0.717, 1.165) is 0 Å². The van der Waals surface area contributed by atoms with Gasteiger partial charge in [0.15, 0.2) is 0 Å². The van der Waals surface area contributed by atoms with E-state index >= 15 is 0 Å². The lowest BCUT2D eigenvalue weighted by atomic mass is 10.0. The van der Waals surface area contributed by atoms with Gasteiger partial charge in [0, 0.05) is 11.6 Å². The number of carboxylic acid groups (broad SMARTS) is 1. The Morgan fingerprint density at radius 2 is 2.12 bits per heavy atom. The van der Waals surface area contributed by atoms with Crippen LogP contribution in [0.4, 0.5) is 0 Å². The summed E-state index contributed by atoms with van der Waals surface area (Å²) < 4.78 is 9.85. The van der Waals surface area contributed by atoms with E-state index in [-0.39, 0.29) is 17.2 Å². The molecule has 0 saturated heterocycles. The molecule has 0 spiro atoms. The second kappa shape index (κ2) is 5.46. The molecule has 1 rings (SSSR count). The fraction of sp³-hybridized carbons (Fsp3) is 0.400. The van der Waals surface area contributed by atoms with Gasteiger partial charge in [-0.05, 0) is 0 Å². The normalized spacial score (nSPS) is 13.9. The summed E-state index contributed by atoms with van der Waals surface area (Å²) >= 11 is 0. The smallest absolute Gasteiger partial charge is 0.323 e. The highest BCUT2D eigenvalue weighted by Crippen LogP contribution is 2.28. The molecular formula is C10H14N2O5. The van der Waals surface area contributed by atoms with Gasteiger partial charge in [-0.25, -0.2) is 4.98 Å². The summed E-state index contributed by atoms with van der Waals surface area (Å²) in [6.07, 6.45) is -0.0780. The Balaban J connectivity index is 3.13. The van der Waals surface area contributed by atoms with Crippen molar-refractivity contribution in [1.82, 2.24) is 4.98 Å². The monoisotopic (exact) mass is 242 g/mol. The minimum absolute atomic E-state index is 0.217. The molecule has 2 unspecified atom stereocenters. The van der Waals surface area contributed by atoms with Crippen LogP contribution >= 0.6 is 0 Å². The van der Waals surface area contributed by atoms with Crippen molar-refractivity contribution < 1.29 is 24.5 Å². The lowest BCUT2D eigenvalue weighted by molar-refractivity contribution is -0.141. The van der Waals surface area contributed by atoms with E-state index < -0.39 is 18.1 Å². The van der Waals surface area contributed by atoms with Gasteiger partial charge in [-0.3, -0.25) is 4.79 Å². The summed E-state index contributed by atoms with van der Waals surface area (Å²) in [5.74, 6) is -0.831. The number of aromatic nitrogens is 1. The highest BCUT2D eigenvalue weighted by atomic mass is 16.5. The third kappa shape index (κ3) is 2.83. The molecule has 17 heavy (non-hydrogen) atoms. The molecule has 7 nitrogen and oxygen atoms in total. The molecule has 94 valence electrons. The maximum atomic E-state index is 10.7. The third-order valence-electron chi connectivity index (χ3n) is 2.25. The van der Waals surface area contributed by atoms with Crippen LogP contribution in [0.5, 0.6) is 11.6 Å². The van der Waals surface area contributed by atoms with Gasteiger partial charge in [0.25, 0.3) is 0 Å². The van der Waals surface area contributed by atoms with Crippen LogP contribution in [0.1, 0.15) is 11.7 Å². The van der Waals surface area contributed by atoms with E-state index in [0.29, 0.717) is 0 Å². The highest BCUT2D eigenvalue weighted by Gasteiger charge is 2.27. The topological polar surface area (TPSA) is 115 Å². The molecule has 1 aromatic rings. The number of carbonyl (C=O) groups is 1. The number of hydrogen-bond acceptors (Lipinski definition) is 6. The third-order valence-corrected chi connectivity index (χ3v) is 2.25. The first-order valence-electron chi connectivity index (χ1n) is 4.75. The first-order chi connectivity index (χ1) is 8.01. The molecule has 1 heterocycles. The zero-order valence-electron chi connectivity index (χ0n) is 9.45. The largest absolute Gasteiger partial charge is 0.495 e. The number of aliphatic hydroxyl groups excluding tert-OH is 1. The van der Waals surface area contributed by atoms with Crippen molar-refractivity contribution in [2.45, 2.75) is 12.1 Å². The molecule has 0 aliphatic heterocycles. The number of nitrogens with two attached hydrogens (primary N) is 1. The summed E-state index contributed by atoms with van der Waals surface area (Å²) in [4.78, 5) is 14.6. The number of aliphatic hydroxyl groups is 1. The number of pyridine rings is 1. The van der Waals surface area contributed by atoms with Crippen LogP contribution in [0, 0.1) is 0 Å². The van der Waals surface area contributed by atoms with Crippen molar-refractivity contribution in [3.05, 3.63) is 17.8 Å². The van der Waals surface area contributed by atoms with Crippen LogP contribution in [0.25, 0.3) is 0 Å². The summed E-state index contributed by atoms with van der Waals surface area (Å²) in [6, 6.07) is -0.0669. The van der Waals surface area contributed by atoms with Crippen LogP contribution < -0.4 is 15.2 Å². The van der Waals surface area contributed by atoms with Gasteiger partial charge in [-0.1, -0.05) is 0 Å². The Bertz CT molecular complexity index is 410. The second-order valence-corrected chi connectivity index (χ2v) is 3.28. The summed E-state index contributed by atoms with van der Waals surface area (Å²) in [7, 11) is 2.79. The van der Waals surface area contributed by atoms with E-state index in [9.17, 15) is 9.90 Å². The minimum Gasteiger partial charge on any atom is -0.495 e. The molecule has 0 aromatic carbocycles. The summed E-state index contributed by atoms with van der Waals surface area (Å²) in [5, 5.41) is 18.6. The molecule has 0 bridgehead atoms. The molecule has 7 heteroatoms. The van der Waals surface area contributed by atoms with Crippen LogP contribution in [0.15, 0.2) is 12.3 Å². The minimum atomic E-state index is -1.45. The van der Waals surface area contributed by atoms with Gasteiger partial charge in [0.1, 0.15) is 17.9 Å². The molecule has 2 atom stereocenters. The Kier molecular flexibility index (Phi) is 4.24. The van der Waals surface area contributed by atoms with Crippen LogP contribution in [0.2, 0.25) is 0 Å². The van der Waals surface area contributed by atoms with Crippen LogP contribution in [0.3, 0.4) is 0 Å². The van der Waals surface area contributed by atoms with Gasteiger partial charge < -0.3 is 25.4 Å².